The highest BCUT2D eigenvalue weighted by molar-refractivity contribution is 7.93. The fourth-order valence-corrected chi connectivity index (χ4v) is 3.06. The highest BCUT2D eigenvalue weighted by Crippen LogP contribution is 2.27. The van der Waals surface area contributed by atoms with Crippen LogP contribution in [0.25, 0.3) is 6.08 Å². The first-order chi connectivity index (χ1) is 10.4. The molecule has 116 valence electrons. The SMILES string of the molecule is COc1cc(C=CS(=O)(=O)Cc2ccc(C)cc2)ccc1O. The lowest BCUT2D eigenvalue weighted by Gasteiger charge is -2.04. The molecule has 4 nitrogen and oxygen atoms in total. The van der Waals surface area contributed by atoms with Gasteiger partial charge in [-0.3, -0.25) is 0 Å². The number of rotatable bonds is 5. The Bertz CT molecular complexity index is 775. The summed E-state index contributed by atoms with van der Waals surface area (Å²) in [4.78, 5) is 0. The van der Waals surface area contributed by atoms with Crippen molar-refractivity contribution < 1.29 is 18.3 Å². The van der Waals surface area contributed by atoms with Crippen molar-refractivity contribution in [3.63, 3.8) is 0 Å². The molecule has 0 aromatic heterocycles. The molecule has 0 aliphatic rings. The Morgan fingerprint density at radius 3 is 2.45 bits per heavy atom. The Balaban J connectivity index is 2.15. The van der Waals surface area contributed by atoms with Crippen molar-refractivity contribution in [2.75, 3.05) is 7.11 Å². The standard InChI is InChI=1S/C17H18O4S/c1-13-3-5-15(6-4-13)12-22(19,20)10-9-14-7-8-16(18)17(11-14)21-2/h3-11,18H,12H2,1-2H3. The second-order valence-corrected chi connectivity index (χ2v) is 6.91. The molecular formula is C17H18O4S. The molecule has 0 bridgehead atoms. The lowest BCUT2D eigenvalue weighted by atomic mass is 10.2. The van der Waals surface area contributed by atoms with Gasteiger partial charge in [-0.25, -0.2) is 8.42 Å². The smallest absolute Gasteiger partial charge is 0.175 e. The molecule has 0 saturated carbocycles. The zero-order chi connectivity index (χ0) is 16.2. The van der Waals surface area contributed by atoms with E-state index in [0.717, 1.165) is 11.1 Å². The maximum absolute atomic E-state index is 12.1. The van der Waals surface area contributed by atoms with E-state index in [9.17, 15) is 13.5 Å². The van der Waals surface area contributed by atoms with Crippen LogP contribution in [0.3, 0.4) is 0 Å². The lowest BCUT2D eigenvalue weighted by Crippen LogP contribution is -1.99. The molecule has 0 aliphatic carbocycles. The third kappa shape index (κ3) is 4.36. The van der Waals surface area contributed by atoms with Gasteiger partial charge in [0, 0.05) is 5.41 Å². The molecule has 0 unspecified atom stereocenters. The van der Waals surface area contributed by atoms with E-state index in [1.807, 2.05) is 31.2 Å². The lowest BCUT2D eigenvalue weighted by molar-refractivity contribution is 0.373. The Kier molecular flexibility index (Phi) is 4.88. The van der Waals surface area contributed by atoms with Gasteiger partial charge in [0.25, 0.3) is 0 Å². The van der Waals surface area contributed by atoms with Gasteiger partial charge >= 0.3 is 0 Å². The number of methoxy groups -OCH3 is 1. The van der Waals surface area contributed by atoms with E-state index >= 15 is 0 Å². The molecule has 0 radical (unpaired) electrons. The first-order valence-corrected chi connectivity index (χ1v) is 8.44. The second-order valence-electron chi connectivity index (χ2n) is 5.03. The molecule has 0 atom stereocenters. The third-order valence-corrected chi connectivity index (χ3v) is 4.45. The van der Waals surface area contributed by atoms with E-state index in [4.69, 9.17) is 4.74 Å². The first-order valence-electron chi connectivity index (χ1n) is 6.73. The summed E-state index contributed by atoms with van der Waals surface area (Å²) in [5, 5.41) is 10.7. The van der Waals surface area contributed by atoms with Crippen LogP contribution in [-0.2, 0) is 15.6 Å². The van der Waals surface area contributed by atoms with E-state index in [0.29, 0.717) is 11.3 Å². The summed E-state index contributed by atoms with van der Waals surface area (Å²) in [6, 6.07) is 12.1. The molecule has 1 N–H and O–H groups in total. The van der Waals surface area contributed by atoms with E-state index in [-0.39, 0.29) is 11.5 Å². The fraction of sp³-hybridized carbons (Fsp3) is 0.176. The summed E-state index contributed by atoms with van der Waals surface area (Å²) in [5.74, 6) is 0.277. The topological polar surface area (TPSA) is 63.6 Å². The summed E-state index contributed by atoms with van der Waals surface area (Å²) < 4.78 is 29.2. The molecule has 0 fully saturated rings. The summed E-state index contributed by atoms with van der Waals surface area (Å²) in [5.41, 5.74) is 2.48. The molecule has 2 aromatic rings. The minimum atomic E-state index is -3.36. The molecule has 22 heavy (non-hydrogen) atoms. The molecule has 2 aromatic carbocycles. The van der Waals surface area contributed by atoms with E-state index < -0.39 is 9.84 Å². The summed E-state index contributed by atoms with van der Waals surface area (Å²) in [6.45, 7) is 1.95. The number of sulfone groups is 1. The van der Waals surface area contributed by atoms with Crippen molar-refractivity contribution in [1.82, 2.24) is 0 Å². The number of ether oxygens (including phenoxy) is 1. The van der Waals surface area contributed by atoms with Crippen molar-refractivity contribution in [2.45, 2.75) is 12.7 Å². The van der Waals surface area contributed by atoms with Crippen LogP contribution in [0.4, 0.5) is 0 Å². The Morgan fingerprint density at radius 2 is 1.82 bits per heavy atom. The Hall–Kier alpha value is -2.27. The van der Waals surface area contributed by atoms with E-state index in [2.05, 4.69) is 0 Å². The molecular weight excluding hydrogens is 300 g/mol. The van der Waals surface area contributed by atoms with E-state index in [1.165, 1.54) is 24.7 Å². The molecule has 0 spiro atoms. The Morgan fingerprint density at radius 1 is 1.14 bits per heavy atom. The maximum Gasteiger partial charge on any atom is 0.175 e. The zero-order valence-electron chi connectivity index (χ0n) is 12.5. The van der Waals surface area contributed by atoms with Gasteiger partial charge in [-0.15, -0.1) is 0 Å². The Labute approximate surface area is 130 Å². The highest BCUT2D eigenvalue weighted by atomic mass is 32.2. The van der Waals surface area contributed by atoms with Gasteiger partial charge in [0.1, 0.15) is 0 Å². The molecule has 0 amide bonds. The van der Waals surface area contributed by atoms with Gasteiger partial charge in [0.2, 0.25) is 0 Å². The normalized spacial score (nSPS) is 11.7. The van der Waals surface area contributed by atoms with Crippen molar-refractivity contribution in [2.24, 2.45) is 0 Å². The van der Waals surface area contributed by atoms with Gasteiger partial charge in [-0.2, -0.15) is 0 Å². The van der Waals surface area contributed by atoms with E-state index in [1.54, 1.807) is 12.1 Å². The number of hydrogen-bond acceptors (Lipinski definition) is 4. The predicted octanol–water partition coefficient (Wildman–Crippen LogP) is 3.29. The fourth-order valence-electron chi connectivity index (χ4n) is 1.94. The third-order valence-electron chi connectivity index (χ3n) is 3.16. The predicted molar refractivity (Wildman–Crippen MR) is 87.5 cm³/mol. The first kappa shape index (κ1) is 16.1. The average molecular weight is 318 g/mol. The minimum absolute atomic E-state index is 0.0159. The van der Waals surface area contributed by atoms with Gasteiger partial charge in [-0.05, 0) is 36.3 Å². The van der Waals surface area contributed by atoms with Crippen molar-refractivity contribution in [1.29, 1.82) is 0 Å². The van der Waals surface area contributed by atoms with Crippen LogP contribution in [0.2, 0.25) is 0 Å². The molecule has 5 heteroatoms. The number of aromatic hydroxyl groups is 1. The van der Waals surface area contributed by atoms with Crippen LogP contribution in [-0.4, -0.2) is 20.6 Å². The van der Waals surface area contributed by atoms with Crippen LogP contribution < -0.4 is 4.74 Å². The minimum Gasteiger partial charge on any atom is -0.504 e. The van der Waals surface area contributed by atoms with Crippen LogP contribution in [0.15, 0.2) is 47.9 Å². The quantitative estimate of drug-likeness (QED) is 0.919. The number of benzene rings is 2. The zero-order valence-corrected chi connectivity index (χ0v) is 13.3. The second kappa shape index (κ2) is 6.66. The van der Waals surface area contributed by atoms with Crippen molar-refractivity contribution in [3.05, 3.63) is 64.6 Å². The number of phenols is 1. The molecule has 0 aliphatic heterocycles. The highest BCUT2D eigenvalue weighted by Gasteiger charge is 2.08. The van der Waals surface area contributed by atoms with Gasteiger partial charge in [0.15, 0.2) is 21.3 Å². The van der Waals surface area contributed by atoms with Crippen LogP contribution in [0.5, 0.6) is 11.5 Å². The van der Waals surface area contributed by atoms with Gasteiger partial charge < -0.3 is 9.84 Å². The monoisotopic (exact) mass is 318 g/mol. The van der Waals surface area contributed by atoms with Gasteiger partial charge in [0.05, 0.1) is 12.9 Å². The average Bonchev–Trinajstić information content (AvgIpc) is 2.49. The van der Waals surface area contributed by atoms with Crippen LogP contribution in [0.1, 0.15) is 16.7 Å². The molecule has 0 heterocycles. The maximum atomic E-state index is 12.1. The molecule has 2 rings (SSSR count). The molecule has 0 saturated heterocycles. The number of phenolic OH excluding ortho intramolecular Hbond substituents is 1. The van der Waals surface area contributed by atoms with Crippen LogP contribution in [0, 0.1) is 6.92 Å². The summed E-state index contributed by atoms with van der Waals surface area (Å²) in [7, 11) is -1.92. The van der Waals surface area contributed by atoms with Gasteiger partial charge in [-0.1, -0.05) is 35.9 Å². The number of aryl methyl sites for hydroxylation is 1. The largest absolute Gasteiger partial charge is 0.504 e. The van der Waals surface area contributed by atoms with Crippen molar-refractivity contribution >= 4 is 15.9 Å². The van der Waals surface area contributed by atoms with Crippen LogP contribution >= 0.6 is 0 Å². The summed E-state index contributed by atoms with van der Waals surface area (Å²) >= 11 is 0. The summed E-state index contributed by atoms with van der Waals surface area (Å²) in [6.07, 6.45) is 1.49. The number of hydrogen-bond donors (Lipinski definition) is 1. The van der Waals surface area contributed by atoms with Crippen molar-refractivity contribution in [3.8, 4) is 11.5 Å².